The third-order valence-electron chi connectivity index (χ3n) is 3.46. The zero-order valence-electron chi connectivity index (χ0n) is 13.6. The van der Waals surface area contributed by atoms with Crippen molar-refractivity contribution in [1.29, 1.82) is 0 Å². The number of furan rings is 1. The Bertz CT molecular complexity index is 674. The number of aryl methyl sites for hydroxylation is 1. The highest BCUT2D eigenvalue weighted by molar-refractivity contribution is 5.74. The molecule has 130 valence electrons. The molecular weight excluding hydrogens is 315 g/mol. The van der Waals surface area contributed by atoms with E-state index in [1.165, 1.54) is 25.3 Å². The van der Waals surface area contributed by atoms with Gasteiger partial charge in [-0.25, -0.2) is 9.18 Å². The lowest BCUT2D eigenvalue weighted by molar-refractivity contribution is 0.151. The molecule has 3 N–H and O–H groups in total. The summed E-state index contributed by atoms with van der Waals surface area (Å²) in [6.45, 7) is 1.91. The van der Waals surface area contributed by atoms with E-state index in [9.17, 15) is 14.3 Å². The van der Waals surface area contributed by atoms with Gasteiger partial charge in [0.05, 0.1) is 12.7 Å². The van der Waals surface area contributed by atoms with E-state index in [-0.39, 0.29) is 18.7 Å². The average molecular weight is 336 g/mol. The number of urea groups is 1. The van der Waals surface area contributed by atoms with Gasteiger partial charge in [-0.1, -0.05) is 18.2 Å². The number of ether oxygens (including phenoxy) is 1. The van der Waals surface area contributed by atoms with Gasteiger partial charge in [0.15, 0.2) is 0 Å². The van der Waals surface area contributed by atoms with Crippen LogP contribution in [0.4, 0.5) is 9.18 Å². The second-order valence-electron chi connectivity index (χ2n) is 5.35. The van der Waals surface area contributed by atoms with Crippen LogP contribution in [0.2, 0.25) is 0 Å². The molecule has 0 aliphatic heterocycles. The van der Waals surface area contributed by atoms with Gasteiger partial charge in [0.1, 0.15) is 23.4 Å². The van der Waals surface area contributed by atoms with Gasteiger partial charge in [0.2, 0.25) is 0 Å². The maximum atomic E-state index is 13.6. The first-order chi connectivity index (χ1) is 11.5. The molecule has 2 atom stereocenters. The Morgan fingerprint density at radius 3 is 2.71 bits per heavy atom. The molecule has 1 aromatic heterocycles. The highest BCUT2D eigenvalue weighted by atomic mass is 19.1. The third kappa shape index (κ3) is 4.81. The average Bonchev–Trinajstić information content (AvgIpc) is 2.99. The number of benzene rings is 1. The molecule has 2 rings (SSSR count). The van der Waals surface area contributed by atoms with Crippen LogP contribution in [0.25, 0.3) is 0 Å². The number of rotatable bonds is 7. The summed E-state index contributed by atoms with van der Waals surface area (Å²) in [6, 6.07) is 8.45. The van der Waals surface area contributed by atoms with E-state index in [0.717, 1.165) is 5.76 Å². The van der Waals surface area contributed by atoms with Crippen molar-refractivity contribution in [1.82, 2.24) is 10.6 Å². The zero-order valence-corrected chi connectivity index (χ0v) is 13.6. The van der Waals surface area contributed by atoms with Gasteiger partial charge in [-0.05, 0) is 25.1 Å². The van der Waals surface area contributed by atoms with Crippen molar-refractivity contribution in [3.63, 3.8) is 0 Å². The number of hydrogen-bond acceptors (Lipinski definition) is 4. The van der Waals surface area contributed by atoms with Crippen molar-refractivity contribution in [3.05, 3.63) is 59.3 Å². The highest BCUT2D eigenvalue weighted by Gasteiger charge is 2.19. The van der Waals surface area contributed by atoms with Crippen LogP contribution in [0, 0.1) is 12.7 Å². The minimum absolute atomic E-state index is 0.121. The Balaban J connectivity index is 1.90. The van der Waals surface area contributed by atoms with Crippen molar-refractivity contribution in [3.8, 4) is 0 Å². The second kappa shape index (κ2) is 8.47. The summed E-state index contributed by atoms with van der Waals surface area (Å²) in [5.74, 6) is 0.776. The normalized spacial score (nSPS) is 13.3. The summed E-state index contributed by atoms with van der Waals surface area (Å²) < 4.78 is 24.1. The van der Waals surface area contributed by atoms with Crippen molar-refractivity contribution in [2.45, 2.75) is 19.1 Å². The summed E-state index contributed by atoms with van der Waals surface area (Å²) in [5.41, 5.74) is 0.132. The number of aliphatic hydroxyl groups is 1. The van der Waals surface area contributed by atoms with Crippen LogP contribution in [0.15, 0.2) is 40.8 Å². The van der Waals surface area contributed by atoms with E-state index < -0.39 is 24.0 Å². The Labute approximate surface area is 139 Å². The number of aliphatic hydroxyl groups excluding tert-OH is 1. The number of carbonyl (C=O) groups excluding carboxylic acids is 1. The molecule has 6 nitrogen and oxygen atoms in total. The fourth-order valence-electron chi connectivity index (χ4n) is 2.26. The van der Waals surface area contributed by atoms with Gasteiger partial charge in [0.25, 0.3) is 0 Å². The molecule has 0 saturated carbocycles. The molecule has 1 heterocycles. The van der Waals surface area contributed by atoms with Crippen molar-refractivity contribution >= 4 is 6.03 Å². The van der Waals surface area contributed by atoms with Crippen LogP contribution in [0.3, 0.4) is 0 Å². The van der Waals surface area contributed by atoms with E-state index in [1.54, 1.807) is 25.1 Å². The van der Waals surface area contributed by atoms with Crippen molar-refractivity contribution in [2.24, 2.45) is 0 Å². The molecule has 2 amide bonds. The summed E-state index contributed by atoms with van der Waals surface area (Å²) in [5, 5.41) is 15.2. The van der Waals surface area contributed by atoms with Gasteiger partial charge in [-0.3, -0.25) is 0 Å². The summed E-state index contributed by atoms with van der Waals surface area (Å²) in [7, 11) is 1.52. The van der Waals surface area contributed by atoms with Crippen LogP contribution in [0.5, 0.6) is 0 Å². The number of nitrogens with one attached hydrogen (secondary N) is 2. The molecule has 0 aliphatic rings. The van der Waals surface area contributed by atoms with Crippen LogP contribution < -0.4 is 10.6 Å². The number of methoxy groups -OCH3 is 1. The minimum atomic E-state index is -1.14. The van der Waals surface area contributed by atoms with E-state index in [1.807, 2.05) is 0 Å². The quantitative estimate of drug-likeness (QED) is 0.725. The molecule has 0 saturated heterocycles. The lowest BCUT2D eigenvalue weighted by Crippen LogP contribution is -2.41. The Morgan fingerprint density at radius 2 is 2.08 bits per heavy atom. The minimum Gasteiger partial charge on any atom is -0.464 e. The molecule has 0 aliphatic carbocycles. The fraction of sp³-hybridized carbons (Fsp3) is 0.353. The van der Waals surface area contributed by atoms with E-state index in [0.29, 0.717) is 5.76 Å². The van der Waals surface area contributed by atoms with Crippen LogP contribution in [0.1, 0.15) is 29.2 Å². The van der Waals surface area contributed by atoms with Gasteiger partial charge in [0, 0.05) is 19.2 Å². The van der Waals surface area contributed by atoms with Gasteiger partial charge >= 0.3 is 6.03 Å². The molecule has 2 aromatic rings. The van der Waals surface area contributed by atoms with Gasteiger partial charge in [-0.15, -0.1) is 0 Å². The number of hydrogen-bond donors (Lipinski definition) is 3. The molecule has 0 radical (unpaired) electrons. The maximum Gasteiger partial charge on any atom is 0.315 e. The van der Waals surface area contributed by atoms with E-state index in [2.05, 4.69) is 10.6 Å². The molecule has 0 spiro atoms. The Hall–Kier alpha value is -2.38. The smallest absolute Gasteiger partial charge is 0.315 e. The summed E-state index contributed by atoms with van der Waals surface area (Å²) >= 11 is 0. The lowest BCUT2D eigenvalue weighted by atomic mass is 10.1. The van der Waals surface area contributed by atoms with Gasteiger partial charge in [-0.2, -0.15) is 0 Å². The monoisotopic (exact) mass is 336 g/mol. The van der Waals surface area contributed by atoms with Crippen LogP contribution in [-0.2, 0) is 4.74 Å². The Morgan fingerprint density at radius 1 is 1.33 bits per heavy atom. The van der Waals surface area contributed by atoms with Crippen molar-refractivity contribution < 1.29 is 23.4 Å². The largest absolute Gasteiger partial charge is 0.464 e. The van der Waals surface area contributed by atoms with E-state index >= 15 is 0 Å². The molecule has 7 heteroatoms. The number of halogens is 1. The number of carbonyl (C=O) groups is 1. The molecule has 0 fully saturated rings. The SMILES string of the molecule is COCC(NC(=O)NCC(O)c1ccccc1F)c1ccc(C)o1. The van der Waals surface area contributed by atoms with Crippen molar-refractivity contribution in [2.75, 3.05) is 20.3 Å². The fourth-order valence-corrected chi connectivity index (χ4v) is 2.26. The molecule has 24 heavy (non-hydrogen) atoms. The molecule has 0 bridgehead atoms. The molecular formula is C17H21FN2O4. The Kier molecular flexibility index (Phi) is 6.34. The van der Waals surface area contributed by atoms with Crippen LogP contribution >= 0.6 is 0 Å². The molecule has 1 aromatic carbocycles. The lowest BCUT2D eigenvalue weighted by Gasteiger charge is -2.18. The van der Waals surface area contributed by atoms with E-state index in [4.69, 9.17) is 9.15 Å². The highest BCUT2D eigenvalue weighted by Crippen LogP contribution is 2.17. The predicted octanol–water partition coefficient (Wildman–Crippen LogP) is 2.45. The first kappa shape index (κ1) is 18.0. The topological polar surface area (TPSA) is 83.7 Å². The van der Waals surface area contributed by atoms with Crippen LogP contribution in [-0.4, -0.2) is 31.4 Å². The summed E-state index contributed by atoms with van der Waals surface area (Å²) in [6.07, 6.45) is -1.14. The zero-order chi connectivity index (χ0) is 17.5. The first-order valence-corrected chi connectivity index (χ1v) is 7.53. The van der Waals surface area contributed by atoms with Gasteiger partial charge < -0.3 is 24.9 Å². The standard InChI is InChI=1S/C17H21FN2O4/c1-11-7-8-16(24-11)14(10-23-2)20-17(22)19-9-15(21)12-5-3-4-6-13(12)18/h3-8,14-15,21H,9-10H2,1-2H3,(H2,19,20,22). The maximum absolute atomic E-state index is 13.6. The molecule has 2 unspecified atom stereocenters. The third-order valence-corrected chi connectivity index (χ3v) is 3.46. The summed E-state index contributed by atoms with van der Waals surface area (Å²) in [4.78, 5) is 12.0. The first-order valence-electron chi connectivity index (χ1n) is 7.53. The number of amides is 2. The second-order valence-corrected chi connectivity index (χ2v) is 5.35. The predicted molar refractivity (Wildman–Crippen MR) is 86.0 cm³/mol.